The van der Waals surface area contributed by atoms with Gasteiger partial charge in [-0.05, 0) is 33.9 Å². The zero-order valence-corrected chi connectivity index (χ0v) is 11.4. The minimum absolute atomic E-state index is 0.146. The molecule has 0 saturated carbocycles. The predicted octanol–water partition coefficient (Wildman–Crippen LogP) is 0.444. The summed E-state index contributed by atoms with van der Waals surface area (Å²) in [5.74, 6) is -0.904. The second kappa shape index (κ2) is 6.04. The second-order valence-electron chi connectivity index (χ2n) is 5.49. The van der Waals surface area contributed by atoms with Crippen LogP contribution in [0.1, 0.15) is 20.3 Å². The van der Waals surface area contributed by atoms with Crippen molar-refractivity contribution in [2.24, 2.45) is 5.41 Å². The van der Waals surface area contributed by atoms with Crippen molar-refractivity contribution in [2.45, 2.75) is 20.3 Å². The Kier molecular flexibility index (Phi) is 4.95. The van der Waals surface area contributed by atoms with E-state index in [2.05, 4.69) is 10.2 Å². The summed E-state index contributed by atoms with van der Waals surface area (Å²) in [5.41, 5.74) is -0.932. The molecule has 0 unspecified atom stereocenters. The van der Waals surface area contributed by atoms with Crippen LogP contribution in [0, 0.1) is 5.41 Å². The average molecular weight is 257 g/mol. The highest BCUT2D eigenvalue weighted by Crippen LogP contribution is 2.13. The van der Waals surface area contributed by atoms with Crippen LogP contribution >= 0.6 is 0 Å². The first-order valence-electron chi connectivity index (χ1n) is 6.27. The van der Waals surface area contributed by atoms with Gasteiger partial charge >= 0.3 is 12.0 Å². The van der Waals surface area contributed by atoms with E-state index in [1.54, 1.807) is 18.7 Å². The van der Waals surface area contributed by atoms with Gasteiger partial charge in [0.2, 0.25) is 0 Å². The van der Waals surface area contributed by atoms with Crippen molar-refractivity contribution in [2.75, 3.05) is 39.8 Å². The Bertz CT molecular complexity index is 318. The van der Waals surface area contributed by atoms with Crippen LogP contribution in [0.25, 0.3) is 0 Å². The number of likely N-dealkylation sites (N-methyl/N-ethyl adjacent to an activating group) is 1. The molecule has 0 aliphatic carbocycles. The van der Waals surface area contributed by atoms with E-state index in [0.717, 1.165) is 26.1 Å². The quantitative estimate of drug-likeness (QED) is 0.769. The standard InChI is InChI=1S/C12H23N3O3/c1-12(2,10(16)17)9-13-11(18)15-6-4-5-14(3)7-8-15/h4-9H2,1-3H3,(H,13,18)(H,16,17). The average Bonchev–Trinajstić information content (AvgIpc) is 2.51. The minimum atomic E-state index is -0.932. The zero-order chi connectivity index (χ0) is 13.8. The lowest BCUT2D eigenvalue weighted by Gasteiger charge is -2.24. The van der Waals surface area contributed by atoms with Gasteiger partial charge in [-0.1, -0.05) is 0 Å². The van der Waals surface area contributed by atoms with Gasteiger partial charge in [-0.3, -0.25) is 4.79 Å². The van der Waals surface area contributed by atoms with Crippen LogP contribution in [0.3, 0.4) is 0 Å². The van der Waals surface area contributed by atoms with E-state index in [1.807, 2.05) is 7.05 Å². The number of amides is 2. The molecule has 1 fully saturated rings. The lowest BCUT2D eigenvalue weighted by molar-refractivity contribution is -0.146. The molecule has 18 heavy (non-hydrogen) atoms. The fourth-order valence-electron chi connectivity index (χ4n) is 1.73. The summed E-state index contributed by atoms with van der Waals surface area (Å²) in [5, 5.41) is 11.7. The Morgan fingerprint density at radius 2 is 1.89 bits per heavy atom. The highest BCUT2D eigenvalue weighted by atomic mass is 16.4. The molecule has 2 amide bonds. The van der Waals surface area contributed by atoms with E-state index < -0.39 is 11.4 Å². The number of carboxylic acids is 1. The molecule has 1 aliphatic rings. The molecule has 2 N–H and O–H groups in total. The molecule has 6 nitrogen and oxygen atoms in total. The Hall–Kier alpha value is -1.30. The summed E-state index contributed by atoms with van der Waals surface area (Å²) >= 11 is 0. The fraction of sp³-hybridized carbons (Fsp3) is 0.833. The summed E-state index contributed by atoms with van der Waals surface area (Å²) in [6.45, 7) is 6.62. The smallest absolute Gasteiger partial charge is 0.317 e. The molecule has 1 saturated heterocycles. The summed E-state index contributed by atoms with van der Waals surface area (Å²) in [6.07, 6.45) is 0.951. The van der Waals surface area contributed by atoms with E-state index in [1.165, 1.54) is 0 Å². The summed E-state index contributed by atoms with van der Waals surface area (Å²) < 4.78 is 0. The Morgan fingerprint density at radius 3 is 2.50 bits per heavy atom. The molecule has 0 aromatic heterocycles. The molecule has 0 bridgehead atoms. The molecule has 0 radical (unpaired) electrons. The van der Waals surface area contributed by atoms with Gasteiger partial charge in [-0.2, -0.15) is 0 Å². The number of urea groups is 1. The molecule has 1 heterocycles. The lowest BCUT2D eigenvalue weighted by Crippen LogP contribution is -2.46. The van der Waals surface area contributed by atoms with Crippen molar-refractivity contribution < 1.29 is 14.7 Å². The SMILES string of the molecule is CN1CCCN(C(=O)NCC(C)(C)C(=O)O)CC1. The normalized spacial score (nSPS) is 18.3. The second-order valence-corrected chi connectivity index (χ2v) is 5.49. The third-order valence-corrected chi connectivity index (χ3v) is 3.27. The van der Waals surface area contributed by atoms with Crippen LogP contribution < -0.4 is 5.32 Å². The highest BCUT2D eigenvalue weighted by molar-refractivity contribution is 5.77. The van der Waals surface area contributed by atoms with Gasteiger partial charge < -0.3 is 20.2 Å². The number of carbonyl (C=O) groups is 2. The molecule has 1 aliphatic heterocycles. The molecule has 0 aromatic rings. The van der Waals surface area contributed by atoms with E-state index in [9.17, 15) is 9.59 Å². The minimum Gasteiger partial charge on any atom is -0.481 e. The molecule has 6 heteroatoms. The van der Waals surface area contributed by atoms with Gasteiger partial charge in [-0.15, -0.1) is 0 Å². The third kappa shape index (κ3) is 4.18. The number of carboxylic acid groups (broad SMARTS) is 1. The largest absolute Gasteiger partial charge is 0.481 e. The molecular weight excluding hydrogens is 234 g/mol. The number of aliphatic carboxylic acids is 1. The van der Waals surface area contributed by atoms with Crippen LogP contribution in [-0.2, 0) is 4.79 Å². The Morgan fingerprint density at radius 1 is 1.22 bits per heavy atom. The lowest BCUT2D eigenvalue weighted by atomic mass is 9.94. The van der Waals surface area contributed by atoms with Gasteiger partial charge in [-0.25, -0.2) is 4.79 Å². The van der Waals surface area contributed by atoms with E-state index >= 15 is 0 Å². The maximum Gasteiger partial charge on any atom is 0.317 e. The summed E-state index contributed by atoms with van der Waals surface area (Å²) in [4.78, 5) is 26.8. The molecule has 104 valence electrons. The van der Waals surface area contributed by atoms with Crippen molar-refractivity contribution in [1.82, 2.24) is 15.1 Å². The first-order chi connectivity index (χ1) is 8.33. The molecule has 0 spiro atoms. The Labute approximate surface area is 108 Å². The van der Waals surface area contributed by atoms with Gasteiger partial charge in [0, 0.05) is 26.2 Å². The maximum atomic E-state index is 11.9. The zero-order valence-electron chi connectivity index (χ0n) is 11.4. The van der Waals surface area contributed by atoms with E-state index in [-0.39, 0.29) is 12.6 Å². The van der Waals surface area contributed by atoms with Crippen LogP contribution in [-0.4, -0.2) is 66.7 Å². The number of carbonyl (C=O) groups excluding carboxylic acids is 1. The highest BCUT2D eigenvalue weighted by Gasteiger charge is 2.28. The first kappa shape index (κ1) is 14.8. The first-order valence-corrected chi connectivity index (χ1v) is 6.27. The number of hydrogen-bond donors (Lipinski definition) is 2. The molecule has 1 rings (SSSR count). The maximum absolute atomic E-state index is 11.9. The van der Waals surface area contributed by atoms with Gasteiger partial charge in [0.1, 0.15) is 0 Å². The van der Waals surface area contributed by atoms with Crippen molar-refractivity contribution in [3.63, 3.8) is 0 Å². The fourth-order valence-corrected chi connectivity index (χ4v) is 1.73. The molecule has 0 atom stereocenters. The summed E-state index contributed by atoms with van der Waals surface area (Å²) in [7, 11) is 2.04. The van der Waals surface area contributed by atoms with Crippen LogP contribution in [0.15, 0.2) is 0 Å². The van der Waals surface area contributed by atoms with Crippen molar-refractivity contribution >= 4 is 12.0 Å². The van der Waals surface area contributed by atoms with Gasteiger partial charge in [0.15, 0.2) is 0 Å². The topological polar surface area (TPSA) is 72.9 Å². The van der Waals surface area contributed by atoms with Gasteiger partial charge in [0.05, 0.1) is 5.41 Å². The van der Waals surface area contributed by atoms with Crippen LogP contribution in [0.2, 0.25) is 0 Å². The van der Waals surface area contributed by atoms with Crippen molar-refractivity contribution in [3.8, 4) is 0 Å². The van der Waals surface area contributed by atoms with Gasteiger partial charge in [0.25, 0.3) is 0 Å². The van der Waals surface area contributed by atoms with Crippen LogP contribution in [0.5, 0.6) is 0 Å². The third-order valence-electron chi connectivity index (χ3n) is 3.27. The summed E-state index contributed by atoms with van der Waals surface area (Å²) in [6, 6.07) is -0.167. The predicted molar refractivity (Wildman–Crippen MR) is 68.5 cm³/mol. The Balaban J connectivity index is 2.43. The number of rotatable bonds is 3. The molecular formula is C12H23N3O3. The van der Waals surface area contributed by atoms with Crippen LogP contribution in [0.4, 0.5) is 4.79 Å². The number of nitrogens with one attached hydrogen (secondary N) is 1. The van der Waals surface area contributed by atoms with Crippen molar-refractivity contribution in [1.29, 1.82) is 0 Å². The molecule has 0 aromatic carbocycles. The van der Waals surface area contributed by atoms with Crippen molar-refractivity contribution in [3.05, 3.63) is 0 Å². The monoisotopic (exact) mass is 257 g/mol. The van der Waals surface area contributed by atoms with E-state index in [4.69, 9.17) is 5.11 Å². The number of hydrogen-bond acceptors (Lipinski definition) is 3. The van der Waals surface area contributed by atoms with E-state index in [0.29, 0.717) is 6.54 Å². The number of nitrogens with zero attached hydrogens (tertiary/aromatic N) is 2.